The molecule has 1 atom stereocenters. The number of anilines is 1. The predicted octanol–water partition coefficient (Wildman–Crippen LogP) is 6.70. The molecular weight excluding hydrogens is 546 g/mol. The largest absolute Gasteiger partial charge is 0.497 e. The van der Waals surface area contributed by atoms with Crippen LogP contribution in [0.4, 0.5) is 10.6 Å². The molecule has 0 bridgehead atoms. The molecule has 10 heteroatoms. The standard InChI is InChI=1S/C33H33N5O5/c1-41-27-13-10-22(29(19-27)42-2)20-35-32-31-28(16-17-34-32)30(23-7-6-18-37(21-23)33(39)40)36-38(31)24-11-14-26(15-12-24)43-25-8-4-3-5-9-25/h3-5,8-17,19,23H,6-7,18,20-21H2,1-2H3,(H,34,35)(H,39,40). The van der Waals surface area contributed by atoms with E-state index in [1.165, 1.54) is 4.90 Å². The van der Waals surface area contributed by atoms with Gasteiger partial charge in [0.25, 0.3) is 0 Å². The van der Waals surface area contributed by atoms with Crippen molar-refractivity contribution in [3.8, 4) is 28.7 Å². The van der Waals surface area contributed by atoms with E-state index in [4.69, 9.17) is 24.3 Å². The van der Waals surface area contributed by atoms with Gasteiger partial charge in [0.2, 0.25) is 0 Å². The molecule has 1 amide bonds. The van der Waals surface area contributed by atoms with Crippen LogP contribution in [0.5, 0.6) is 23.0 Å². The lowest BCUT2D eigenvalue weighted by atomic mass is 9.93. The van der Waals surface area contributed by atoms with Gasteiger partial charge in [0, 0.05) is 48.8 Å². The highest BCUT2D eigenvalue weighted by atomic mass is 16.5. The second-order valence-electron chi connectivity index (χ2n) is 10.4. The van der Waals surface area contributed by atoms with Gasteiger partial charge in [0.15, 0.2) is 5.82 Å². The van der Waals surface area contributed by atoms with E-state index in [9.17, 15) is 9.90 Å². The maximum Gasteiger partial charge on any atom is 0.407 e. The van der Waals surface area contributed by atoms with Crippen molar-refractivity contribution in [2.45, 2.75) is 25.3 Å². The third-order valence-electron chi connectivity index (χ3n) is 7.70. The number of aromatic nitrogens is 3. The van der Waals surface area contributed by atoms with E-state index < -0.39 is 6.09 Å². The van der Waals surface area contributed by atoms with E-state index in [0.717, 1.165) is 46.4 Å². The number of amides is 1. The Morgan fingerprint density at radius 1 is 0.977 bits per heavy atom. The van der Waals surface area contributed by atoms with E-state index in [0.29, 0.717) is 42.7 Å². The van der Waals surface area contributed by atoms with Gasteiger partial charge in [-0.3, -0.25) is 0 Å². The summed E-state index contributed by atoms with van der Waals surface area (Å²) >= 11 is 0. The zero-order valence-corrected chi connectivity index (χ0v) is 24.1. The van der Waals surface area contributed by atoms with Crippen molar-refractivity contribution < 1.29 is 24.1 Å². The Balaban J connectivity index is 1.38. The number of pyridine rings is 1. The number of para-hydroxylation sites is 1. The number of rotatable bonds is 9. The minimum absolute atomic E-state index is 0.0359. The molecule has 6 rings (SSSR count). The van der Waals surface area contributed by atoms with Crippen LogP contribution < -0.4 is 19.5 Å². The molecule has 5 aromatic rings. The maximum absolute atomic E-state index is 11.8. The number of carboxylic acid groups (broad SMARTS) is 1. The number of benzene rings is 3. The molecule has 1 aliphatic heterocycles. The third-order valence-corrected chi connectivity index (χ3v) is 7.70. The molecule has 1 unspecified atom stereocenters. The lowest BCUT2D eigenvalue weighted by molar-refractivity contribution is 0.130. The van der Waals surface area contributed by atoms with Crippen LogP contribution in [-0.4, -0.2) is 58.2 Å². The van der Waals surface area contributed by atoms with Gasteiger partial charge in [0.1, 0.15) is 28.5 Å². The number of hydrogen-bond acceptors (Lipinski definition) is 7. The molecule has 1 saturated heterocycles. The summed E-state index contributed by atoms with van der Waals surface area (Å²) in [5.41, 5.74) is 3.45. The smallest absolute Gasteiger partial charge is 0.407 e. The average molecular weight is 580 g/mol. The van der Waals surface area contributed by atoms with Crippen LogP contribution in [0.25, 0.3) is 16.6 Å². The van der Waals surface area contributed by atoms with Gasteiger partial charge in [-0.2, -0.15) is 5.10 Å². The molecule has 0 spiro atoms. The van der Waals surface area contributed by atoms with Crippen molar-refractivity contribution in [1.29, 1.82) is 0 Å². The molecule has 3 heterocycles. The lowest BCUT2D eigenvalue weighted by Gasteiger charge is -2.29. The van der Waals surface area contributed by atoms with Crippen LogP contribution in [0, 0.1) is 0 Å². The van der Waals surface area contributed by atoms with Crippen LogP contribution in [-0.2, 0) is 6.54 Å². The SMILES string of the molecule is COc1ccc(CNc2nccc3c(C4CCCN(C(=O)O)C4)nn(-c4ccc(Oc5ccccc5)cc4)c23)c(OC)c1. The summed E-state index contributed by atoms with van der Waals surface area (Å²) in [5, 5.41) is 19.2. The first-order valence-corrected chi connectivity index (χ1v) is 14.2. The summed E-state index contributed by atoms with van der Waals surface area (Å²) in [7, 11) is 3.26. The molecule has 3 aromatic carbocycles. The van der Waals surface area contributed by atoms with Crippen LogP contribution >= 0.6 is 0 Å². The number of fused-ring (bicyclic) bond motifs is 1. The van der Waals surface area contributed by atoms with Crippen molar-refractivity contribution in [1.82, 2.24) is 19.7 Å². The Hall–Kier alpha value is -5.25. The molecule has 1 fully saturated rings. The quantitative estimate of drug-likeness (QED) is 0.199. The predicted molar refractivity (Wildman–Crippen MR) is 164 cm³/mol. The van der Waals surface area contributed by atoms with Gasteiger partial charge < -0.3 is 29.5 Å². The molecule has 43 heavy (non-hydrogen) atoms. The molecule has 0 radical (unpaired) electrons. The summed E-state index contributed by atoms with van der Waals surface area (Å²) in [6, 6.07) is 25.0. The fourth-order valence-corrected chi connectivity index (χ4v) is 5.54. The average Bonchev–Trinajstić information content (AvgIpc) is 3.45. The first-order chi connectivity index (χ1) is 21.0. The Bertz CT molecular complexity index is 1720. The summed E-state index contributed by atoms with van der Waals surface area (Å²) in [5.74, 6) is 3.51. The molecule has 10 nitrogen and oxygen atoms in total. The van der Waals surface area contributed by atoms with Gasteiger partial charge >= 0.3 is 6.09 Å². The summed E-state index contributed by atoms with van der Waals surface area (Å²) in [4.78, 5) is 18.0. The number of ether oxygens (including phenoxy) is 3. The molecule has 220 valence electrons. The van der Waals surface area contributed by atoms with Crippen LogP contribution in [0.2, 0.25) is 0 Å². The minimum atomic E-state index is -0.903. The highest BCUT2D eigenvalue weighted by Crippen LogP contribution is 2.36. The third kappa shape index (κ3) is 5.90. The van der Waals surface area contributed by atoms with Crippen molar-refractivity contribution in [2.24, 2.45) is 0 Å². The molecule has 2 N–H and O–H groups in total. The Morgan fingerprint density at radius 2 is 1.74 bits per heavy atom. The Morgan fingerprint density at radius 3 is 2.49 bits per heavy atom. The van der Waals surface area contributed by atoms with E-state index in [1.54, 1.807) is 20.4 Å². The number of nitrogens with one attached hydrogen (secondary N) is 1. The number of hydrogen-bond donors (Lipinski definition) is 2. The number of nitrogens with zero attached hydrogens (tertiary/aromatic N) is 4. The lowest BCUT2D eigenvalue weighted by Crippen LogP contribution is -2.38. The van der Waals surface area contributed by atoms with Crippen molar-refractivity contribution in [3.05, 3.63) is 96.3 Å². The maximum atomic E-state index is 11.8. The second kappa shape index (κ2) is 12.3. The van der Waals surface area contributed by atoms with Gasteiger partial charge in [-0.15, -0.1) is 0 Å². The zero-order valence-electron chi connectivity index (χ0n) is 24.1. The van der Waals surface area contributed by atoms with E-state index in [-0.39, 0.29) is 5.92 Å². The Kier molecular flexibility index (Phi) is 7.99. The van der Waals surface area contributed by atoms with Crippen molar-refractivity contribution >= 4 is 22.8 Å². The zero-order chi connectivity index (χ0) is 29.8. The highest BCUT2D eigenvalue weighted by Gasteiger charge is 2.29. The van der Waals surface area contributed by atoms with Gasteiger partial charge in [-0.05, 0) is 67.4 Å². The summed E-state index contributed by atoms with van der Waals surface area (Å²) < 4.78 is 18.8. The monoisotopic (exact) mass is 579 g/mol. The first-order valence-electron chi connectivity index (χ1n) is 14.2. The van der Waals surface area contributed by atoms with E-state index in [1.807, 2.05) is 83.5 Å². The number of methoxy groups -OCH3 is 2. The molecular formula is C33H33N5O5. The highest BCUT2D eigenvalue weighted by molar-refractivity contribution is 5.92. The first kappa shape index (κ1) is 27.9. The van der Waals surface area contributed by atoms with Gasteiger partial charge in [-0.25, -0.2) is 14.5 Å². The van der Waals surface area contributed by atoms with Gasteiger partial charge in [-0.1, -0.05) is 18.2 Å². The van der Waals surface area contributed by atoms with E-state index in [2.05, 4.69) is 5.32 Å². The Labute approximate surface area is 249 Å². The number of piperidine rings is 1. The summed E-state index contributed by atoms with van der Waals surface area (Å²) in [6.45, 7) is 1.39. The second-order valence-corrected chi connectivity index (χ2v) is 10.4. The van der Waals surface area contributed by atoms with Crippen LogP contribution in [0.1, 0.15) is 30.0 Å². The molecule has 0 aliphatic carbocycles. The number of likely N-dealkylation sites (tertiary alicyclic amines) is 1. The van der Waals surface area contributed by atoms with Crippen molar-refractivity contribution in [2.75, 3.05) is 32.6 Å². The molecule has 0 saturated carbocycles. The fourth-order valence-electron chi connectivity index (χ4n) is 5.54. The number of carbonyl (C=O) groups is 1. The van der Waals surface area contributed by atoms with Crippen molar-refractivity contribution in [3.63, 3.8) is 0 Å². The van der Waals surface area contributed by atoms with Crippen LogP contribution in [0.3, 0.4) is 0 Å². The van der Waals surface area contributed by atoms with Crippen LogP contribution in [0.15, 0.2) is 85.1 Å². The minimum Gasteiger partial charge on any atom is -0.497 e. The van der Waals surface area contributed by atoms with E-state index >= 15 is 0 Å². The normalized spacial score (nSPS) is 14.8. The molecule has 1 aliphatic rings. The molecule has 2 aromatic heterocycles. The fraction of sp³-hybridized carbons (Fsp3) is 0.242. The summed E-state index contributed by atoms with van der Waals surface area (Å²) in [6.07, 6.45) is 2.50. The topological polar surface area (TPSA) is 111 Å². The van der Waals surface area contributed by atoms with Gasteiger partial charge in [0.05, 0.1) is 25.6 Å².